The summed E-state index contributed by atoms with van der Waals surface area (Å²) < 4.78 is 15.4. The molecule has 1 unspecified atom stereocenters. The number of anilines is 2. The van der Waals surface area contributed by atoms with E-state index in [-0.39, 0.29) is 28.8 Å². The van der Waals surface area contributed by atoms with Crippen LogP contribution in [0.5, 0.6) is 0 Å². The molecule has 4 heterocycles. The number of halogens is 1. The Morgan fingerprint density at radius 3 is 2.88 bits per heavy atom. The van der Waals surface area contributed by atoms with Crippen molar-refractivity contribution < 1.29 is 19.1 Å². The van der Waals surface area contributed by atoms with E-state index in [0.29, 0.717) is 29.0 Å². The molecule has 0 radical (unpaired) electrons. The zero-order valence-electron chi connectivity index (χ0n) is 16.7. The first-order valence-corrected chi connectivity index (χ1v) is 9.57. The van der Waals surface area contributed by atoms with Gasteiger partial charge >= 0.3 is 5.97 Å². The van der Waals surface area contributed by atoms with E-state index in [1.165, 1.54) is 19.1 Å². The predicted molar refractivity (Wildman–Crippen MR) is 111 cm³/mol. The Hall–Kier alpha value is -4.41. The minimum Gasteiger partial charge on any atom is -0.480 e. The molecule has 160 valence electrons. The van der Waals surface area contributed by atoms with Crippen molar-refractivity contribution in [1.82, 2.24) is 24.3 Å². The molecule has 1 aliphatic heterocycles. The summed E-state index contributed by atoms with van der Waals surface area (Å²) in [6.07, 6.45) is 5.27. The summed E-state index contributed by atoms with van der Waals surface area (Å²) in [7, 11) is 0. The van der Waals surface area contributed by atoms with Gasteiger partial charge < -0.3 is 20.6 Å². The number of rotatable bonds is 4. The summed E-state index contributed by atoms with van der Waals surface area (Å²) in [5.74, 6) is -2.46. The topological polar surface area (TPSA) is 148 Å². The van der Waals surface area contributed by atoms with Gasteiger partial charge in [-0.3, -0.25) is 9.59 Å². The predicted octanol–water partition coefficient (Wildman–Crippen LogP) is 1.79. The lowest BCUT2D eigenvalue weighted by molar-refractivity contribution is -0.146. The number of nitrogens with one attached hydrogen (secondary N) is 1. The lowest BCUT2D eigenvalue weighted by atomic mass is 9.85. The van der Waals surface area contributed by atoms with Gasteiger partial charge in [-0.2, -0.15) is 0 Å². The molecule has 10 nitrogen and oxygen atoms in total. The Morgan fingerprint density at radius 1 is 1.31 bits per heavy atom. The molecule has 32 heavy (non-hydrogen) atoms. The Kier molecular flexibility index (Phi) is 4.16. The highest BCUT2D eigenvalue weighted by molar-refractivity contribution is 6.19. The Bertz CT molecular complexity index is 1430. The molecule has 1 aromatic carbocycles. The number of nitrogens with zero attached hydrogens (tertiary/aromatic N) is 5. The fourth-order valence-electron chi connectivity index (χ4n) is 3.79. The lowest BCUT2D eigenvalue weighted by Gasteiger charge is -2.17. The van der Waals surface area contributed by atoms with E-state index in [2.05, 4.69) is 25.3 Å². The average molecular weight is 433 g/mol. The van der Waals surface area contributed by atoms with Crippen LogP contribution in [0.1, 0.15) is 23.7 Å². The molecule has 3 aromatic heterocycles. The molecule has 4 N–H and O–H groups in total. The van der Waals surface area contributed by atoms with Crippen molar-refractivity contribution in [3.05, 3.63) is 65.5 Å². The summed E-state index contributed by atoms with van der Waals surface area (Å²) >= 11 is 0. The zero-order chi connectivity index (χ0) is 22.6. The third kappa shape index (κ3) is 2.86. The molecule has 11 heteroatoms. The van der Waals surface area contributed by atoms with Crippen molar-refractivity contribution in [2.75, 3.05) is 11.1 Å². The Balaban J connectivity index is 1.64. The first kappa shape index (κ1) is 19.5. The van der Waals surface area contributed by atoms with Gasteiger partial charge in [0.25, 0.3) is 0 Å². The molecule has 5 rings (SSSR count). The number of hydrogen-bond donors (Lipinski definition) is 3. The number of carboxylic acid groups (broad SMARTS) is 1. The molecule has 0 spiro atoms. The fraction of sp³-hybridized carbons (Fsp3) is 0.143. The number of carboxylic acids is 1. The van der Waals surface area contributed by atoms with E-state index in [1.54, 1.807) is 35.1 Å². The molecule has 0 saturated carbocycles. The summed E-state index contributed by atoms with van der Waals surface area (Å²) in [6, 6.07) is 6.17. The summed E-state index contributed by atoms with van der Waals surface area (Å²) in [4.78, 5) is 41.6. The number of hydrogen-bond acceptors (Lipinski definition) is 7. The maximum Gasteiger partial charge on any atom is 0.323 e. The highest BCUT2D eigenvalue weighted by Crippen LogP contribution is 2.40. The SMILES string of the molecule is CC1(C(=O)O)C(=O)Nc2nc(-c3cn4ccnc4c(Cc4cccc(F)c4)n3)nc(N)c21. The normalized spacial score (nSPS) is 17.4. The molecule has 4 aromatic rings. The quantitative estimate of drug-likeness (QED) is 0.413. The van der Waals surface area contributed by atoms with Crippen LogP contribution in [0.15, 0.2) is 42.9 Å². The minimum atomic E-state index is -1.89. The first-order chi connectivity index (χ1) is 15.3. The maximum atomic E-state index is 13.6. The van der Waals surface area contributed by atoms with E-state index in [9.17, 15) is 19.1 Å². The number of carbonyl (C=O) groups excluding carboxylic acids is 1. The number of aromatic nitrogens is 5. The molecule has 1 aliphatic rings. The molecular formula is C21H16FN7O3. The summed E-state index contributed by atoms with van der Waals surface area (Å²) in [5.41, 5.74) is 6.36. The largest absolute Gasteiger partial charge is 0.480 e. The van der Waals surface area contributed by atoms with Gasteiger partial charge in [0, 0.05) is 25.0 Å². The number of amides is 1. The van der Waals surface area contributed by atoms with Crippen LogP contribution >= 0.6 is 0 Å². The summed E-state index contributed by atoms with van der Waals surface area (Å²) in [5, 5.41) is 12.0. The van der Waals surface area contributed by atoms with Crippen LogP contribution in [0.2, 0.25) is 0 Å². The molecule has 0 fully saturated rings. The molecule has 0 aliphatic carbocycles. The van der Waals surface area contributed by atoms with Crippen molar-refractivity contribution in [1.29, 1.82) is 0 Å². The van der Waals surface area contributed by atoms with Crippen LogP contribution in [0.4, 0.5) is 16.0 Å². The van der Waals surface area contributed by atoms with E-state index in [0.717, 1.165) is 0 Å². The summed E-state index contributed by atoms with van der Waals surface area (Å²) in [6.45, 7) is 1.25. The van der Waals surface area contributed by atoms with Crippen LogP contribution in [-0.2, 0) is 21.4 Å². The van der Waals surface area contributed by atoms with Gasteiger partial charge in [-0.1, -0.05) is 12.1 Å². The van der Waals surface area contributed by atoms with Gasteiger partial charge in [-0.15, -0.1) is 0 Å². The number of nitrogen functional groups attached to an aromatic ring is 1. The number of fused-ring (bicyclic) bond motifs is 2. The number of carbonyl (C=O) groups is 2. The van der Waals surface area contributed by atoms with Crippen LogP contribution in [0.25, 0.3) is 17.2 Å². The lowest BCUT2D eigenvalue weighted by Crippen LogP contribution is -2.39. The Labute approximate surface area is 180 Å². The minimum absolute atomic E-state index is 0.0162. The van der Waals surface area contributed by atoms with Crippen molar-refractivity contribution in [3.63, 3.8) is 0 Å². The van der Waals surface area contributed by atoms with Gasteiger partial charge in [-0.05, 0) is 24.6 Å². The zero-order valence-corrected chi connectivity index (χ0v) is 16.7. The third-order valence-electron chi connectivity index (χ3n) is 5.48. The van der Waals surface area contributed by atoms with Crippen molar-refractivity contribution >= 4 is 29.2 Å². The molecule has 0 bridgehead atoms. The van der Waals surface area contributed by atoms with Gasteiger partial charge in [0.2, 0.25) is 5.91 Å². The van der Waals surface area contributed by atoms with E-state index >= 15 is 0 Å². The standard InChI is InChI=1S/C21H16FN7O3/c1-21(20(31)32)14-15(23)26-16(27-17(14)28-19(21)30)13-9-29-6-5-24-18(29)12(25-13)8-10-3-2-4-11(22)7-10/h2-7,9H,8H2,1H3,(H,31,32)(H3,23,26,27,28,30). The molecule has 0 saturated heterocycles. The second kappa shape index (κ2) is 6.80. The number of nitrogens with two attached hydrogens (primary N) is 1. The van der Waals surface area contributed by atoms with Crippen molar-refractivity contribution in [2.45, 2.75) is 18.8 Å². The smallest absolute Gasteiger partial charge is 0.323 e. The van der Waals surface area contributed by atoms with Gasteiger partial charge in [0.05, 0.1) is 11.3 Å². The fourth-order valence-corrected chi connectivity index (χ4v) is 3.79. The number of benzene rings is 1. The number of aliphatic carboxylic acids is 1. The van der Waals surface area contributed by atoms with Gasteiger partial charge in [0.15, 0.2) is 16.9 Å². The van der Waals surface area contributed by atoms with E-state index < -0.39 is 17.3 Å². The van der Waals surface area contributed by atoms with Crippen molar-refractivity contribution in [2.24, 2.45) is 0 Å². The Morgan fingerprint density at radius 2 is 2.12 bits per heavy atom. The highest BCUT2D eigenvalue weighted by atomic mass is 19.1. The average Bonchev–Trinajstić information content (AvgIpc) is 3.31. The molecular weight excluding hydrogens is 417 g/mol. The highest BCUT2D eigenvalue weighted by Gasteiger charge is 2.52. The van der Waals surface area contributed by atoms with Crippen LogP contribution in [0, 0.1) is 5.82 Å². The third-order valence-corrected chi connectivity index (χ3v) is 5.48. The van der Waals surface area contributed by atoms with E-state index in [4.69, 9.17) is 5.73 Å². The number of imidazole rings is 1. The second-order valence-corrected chi connectivity index (χ2v) is 7.58. The van der Waals surface area contributed by atoms with Crippen molar-refractivity contribution in [3.8, 4) is 11.5 Å². The molecule has 1 amide bonds. The first-order valence-electron chi connectivity index (χ1n) is 9.57. The van der Waals surface area contributed by atoms with Crippen LogP contribution in [0.3, 0.4) is 0 Å². The van der Waals surface area contributed by atoms with Crippen LogP contribution in [-0.4, -0.2) is 41.3 Å². The van der Waals surface area contributed by atoms with E-state index in [1.807, 2.05) is 0 Å². The monoisotopic (exact) mass is 433 g/mol. The maximum absolute atomic E-state index is 13.6. The second-order valence-electron chi connectivity index (χ2n) is 7.58. The molecule has 1 atom stereocenters. The van der Waals surface area contributed by atoms with Crippen LogP contribution < -0.4 is 11.1 Å². The van der Waals surface area contributed by atoms with Gasteiger partial charge in [0.1, 0.15) is 23.1 Å². The van der Waals surface area contributed by atoms with Gasteiger partial charge in [-0.25, -0.2) is 24.3 Å².